The van der Waals surface area contributed by atoms with Crippen LogP contribution >= 0.6 is 0 Å². The molecule has 1 saturated heterocycles. The smallest absolute Gasteiger partial charge is 0.251 e. The van der Waals surface area contributed by atoms with Gasteiger partial charge < -0.3 is 20.1 Å². The zero-order chi connectivity index (χ0) is 22.1. The number of ether oxygens (including phenoxy) is 2. The lowest BCUT2D eigenvalue weighted by molar-refractivity contribution is 0.0355. The van der Waals surface area contributed by atoms with Gasteiger partial charge in [0.2, 0.25) is 0 Å². The van der Waals surface area contributed by atoms with Crippen molar-refractivity contribution in [1.29, 1.82) is 0 Å². The molecule has 1 fully saturated rings. The van der Waals surface area contributed by atoms with Crippen LogP contribution in [0.5, 0.6) is 5.75 Å². The van der Waals surface area contributed by atoms with E-state index in [1.807, 2.05) is 50.5 Å². The number of fused-ring (bicyclic) bond motifs is 1. The standard InChI is InChI=1S/C24H27N5O3/c1-24(2)9-18(14-32-24)29-23(30)16-5-3-4-15(8-16)10-25-22-19-6-7-31-21(19)20(13-26-22)17-11-27-28-12-17/h3-5,8,11-13,18H,6-7,9-10,14H2,1-2H3,(H,25,26)(H,27,28)(H,29,30). The summed E-state index contributed by atoms with van der Waals surface area (Å²) in [4.78, 5) is 17.4. The largest absolute Gasteiger partial charge is 0.492 e. The number of carbonyl (C=O) groups is 1. The monoisotopic (exact) mass is 433 g/mol. The summed E-state index contributed by atoms with van der Waals surface area (Å²) < 4.78 is 11.6. The van der Waals surface area contributed by atoms with Crippen molar-refractivity contribution in [3.05, 3.63) is 59.5 Å². The number of H-pyrrole nitrogens is 1. The molecule has 0 saturated carbocycles. The van der Waals surface area contributed by atoms with Gasteiger partial charge in [-0.15, -0.1) is 0 Å². The second-order valence-electron chi connectivity index (χ2n) is 8.91. The maximum atomic E-state index is 12.7. The number of aromatic nitrogens is 3. The Balaban J connectivity index is 1.27. The van der Waals surface area contributed by atoms with Crippen LogP contribution in [-0.2, 0) is 17.7 Å². The minimum Gasteiger partial charge on any atom is -0.492 e. The van der Waals surface area contributed by atoms with Crippen LogP contribution in [0.2, 0.25) is 0 Å². The summed E-state index contributed by atoms with van der Waals surface area (Å²) in [5.41, 5.74) is 4.43. The van der Waals surface area contributed by atoms with Gasteiger partial charge in [-0.2, -0.15) is 5.10 Å². The molecule has 1 atom stereocenters. The van der Waals surface area contributed by atoms with Gasteiger partial charge in [0.25, 0.3) is 5.91 Å². The Hall–Kier alpha value is -3.39. The van der Waals surface area contributed by atoms with E-state index >= 15 is 0 Å². The number of carbonyl (C=O) groups excluding carboxylic acids is 1. The topological polar surface area (TPSA) is 101 Å². The first-order chi connectivity index (χ1) is 15.5. The summed E-state index contributed by atoms with van der Waals surface area (Å²) in [7, 11) is 0. The summed E-state index contributed by atoms with van der Waals surface area (Å²) in [6, 6.07) is 7.70. The molecule has 2 aromatic heterocycles. The Bertz CT molecular complexity index is 1130. The number of hydrogen-bond donors (Lipinski definition) is 3. The molecule has 4 heterocycles. The number of pyridine rings is 1. The minimum atomic E-state index is -0.187. The fourth-order valence-corrected chi connectivity index (χ4v) is 4.35. The van der Waals surface area contributed by atoms with Gasteiger partial charge in [0.15, 0.2) is 0 Å². The predicted molar refractivity (Wildman–Crippen MR) is 121 cm³/mol. The number of rotatable bonds is 6. The highest BCUT2D eigenvalue weighted by Crippen LogP contribution is 2.39. The Labute approximate surface area is 186 Å². The van der Waals surface area contributed by atoms with Crippen LogP contribution in [0.4, 0.5) is 5.82 Å². The molecule has 3 aromatic rings. The third-order valence-corrected chi connectivity index (χ3v) is 5.93. The van der Waals surface area contributed by atoms with E-state index in [4.69, 9.17) is 9.47 Å². The number of hydrogen-bond acceptors (Lipinski definition) is 6. The molecule has 8 heteroatoms. The molecule has 5 rings (SSSR count). The summed E-state index contributed by atoms with van der Waals surface area (Å²) >= 11 is 0. The highest BCUT2D eigenvalue weighted by Gasteiger charge is 2.32. The molecule has 0 bridgehead atoms. The molecule has 1 unspecified atom stereocenters. The van der Waals surface area contributed by atoms with Crippen LogP contribution in [-0.4, -0.2) is 45.9 Å². The predicted octanol–water partition coefficient (Wildman–Crippen LogP) is 3.32. The molecule has 0 aliphatic carbocycles. The third kappa shape index (κ3) is 4.18. The average Bonchev–Trinajstić information content (AvgIpc) is 3.53. The van der Waals surface area contributed by atoms with E-state index in [1.54, 1.807) is 6.20 Å². The van der Waals surface area contributed by atoms with Crippen molar-refractivity contribution in [2.75, 3.05) is 18.5 Å². The van der Waals surface area contributed by atoms with Crippen LogP contribution in [0.3, 0.4) is 0 Å². The van der Waals surface area contributed by atoms with Crippen molar-refractivity contribution in [2.45, 2.75) is 44.9 Å². The van der Waals surface area contributed by atoms with Crippen molar-refractivity contribution in [3.8, 4) is 16.9 Å². The molecule has 1 amide bonds. The van der Waals surface area contributed by atoms with Gasteiger partial charge in [-0.1, -0.05) is 12.1 Å². The molecule has 32 heavy (non-hydrogen) atoms. The van der Waals surface area contributed by atoms with E-state index in [0.29, 0.717) is 25.3 Å². The number of amides is 1. The first-order valence-corrected chi connectivity index (χ1v) is 10.9. The van der Waals surface area contributed by atoms with Crippen LogP contribution in [0.25, 0.3) is 11.1 Å². The first kappa shape index (κ1) is 20.5. The van der Waals surface area contributed by atoms with Crippen molar-refractivity contribution >= 4 is 11.7 Å². The summed E-state index contributed by atoms with van der Waals surface area (Å²) in [6.45, 7) is 5.84. The molecule has 2 aliphatic rings. The fraction of sp³-hybridized carbons (Fsp3) is 0.375. The molecule has 8 nitrogen and oxygen atoms in total. The van der Waals surface area contributed by atoms with Gasteiger partial charge in [-0.05, 0) is 38.0 Å². The summed E-state index contributed by atoms with van der Waals surface area (Å²) in [5, 5.41) is 13.4. The van der Waals surface area contributed by atoms with Crippen LogP contribution in [0, 0.1) is 0 Å². The number of anilines is 1. The minimum absolute atomic E-state index is 0.0415. The molecule has 3 N–H and O–H groups in total. The quantitative estimate of drug-likeness (QED) is 0.551. The summed E-state index contributed by atoms with van der Waals surface area (Å²) in [6.07, 6.45) is 7.03. The third-order valence-electron chi connectivity index (χ3n) is 5.93. The molecular weight excluding hydrogens is 406 g/mol. The molecular formula is C24H27N5O3. The lowest BCUT2D eigenvalue weighted by Crippen LogP contribution is -2.35. The maximum absolute atomic E-state index is 12.7. The van der Waals surface area contributed by atoms with Crippen molar-refractivity contribution in [1.82, 2.24) is 20.5 Å². The van der Waals surface area contributed by atoms with Crippen LogP contribution in [0.15, 0.2) is 42.9 Å². The number of benzene rings is 1. The Kier molecular flexibility index (Phi) is 5.30. The van der Waals surface area contributed by atoms with Crippen molar-refractivity contribution < 1.29 is 14.3 Å². The van der Waals surface area contributed by atoms with Gasteiger partial charge >= 0.3 is 0 Å². The zero-order valence-corrected chi connectivity index (χ0v) is 18.3. The van der Waals surface area contributed by atoms with E-state index in [9.17, 15) is 4.79 Å². The normalized spacial score (nSPS) is 18.8. The number of aromatic amines is 1. The maximum Gasteiger partial charge on any atom is 0.251 e. The van der Waals surface area contributed by atoms with Gasteiger partial charge in [0.1, 0.15) is 11.6 Å². The van der Waals surface area contributed by atoms with E-state index in [-0.39, 0.29) is 17.6 Å². The van der Waals surface area contributed by atoms with Gasteiger partial charge in [0.05, 0.1) is 31.1 Å². The Morgan fingerprint density at radius 3 is 3.00 bits per heavy atom. The molecule has 166 valence electrons. The number of nitrogens with one attached hydrogen (secondary N) is 3. The lowest BCUT2D eigenvalue weighted by atomic mass is 10.0. The van der Waals surface area contributed by atoms with Crippen LogP contribution in [0.1, 0.15) is 41.8 Å². The Morgan fingerprint density at radius 1 is 1.31 bits per heavy atom. The van der Waals surface area contributed by atoms with E-state index in [1.165, 1.54) is 0 Å². The average molecular weight is 434 g/mol. The van der Waals surface area contributed by atoms with Crippen LogP contribution < -0.4 is 15.4 Å². The van der Waals surface area contributed by atoms with E-state index in [2.05, 4.69) is 25.8 Å². The molecule has 0 spiro atoms. The van der Waals surface area contributed by atoms with Gasteiger partial charge in [-0.3, -0.25) is 9.89 Å². The summed E-state index contributed by atoms with van der Waals surface area (Å²) in [5.74, 6) is 1.60. The first-order valence-electron chi connectivity index (χ1n) is 10.9. The van der Waals surface area contributed by atoms with Gasteiger partial charge in [-0.25, -0.2) is 4.98 Å². The Morgan fingerprint density at radius 2 is 2.22 bits per heavy atom. The fourth-order valence-electron chi connectivity index (χ4n) is 4.35. The highest BCUT2D eigenvalue weighted by molar-refractivity contribution is 5.94. The second-order valence-corrected chi connectivity index (χ2v) is 8.91. The van der Waals surface area contributed by atoms with Crippen molar-refractivity contribution in [3.63, 3.8) is 0 Å². The molecule has 0 radical (unpaired) electrons. The zero-order valence-electron chi connectivity index (χ0n) is 18.3. The van der Waals surface area contributed by atoms with Crippen molar-refractivity contribution in [2.24, 2.45) is 0 Å². The second kappa shape index (κ2) is 8.27. The van der Waals surface area contributed by atoms with Gasteiger partial charge in [0, 0.05) is 47.6 Å². The van der Waals surface area contributed by atoms with E-state index in [0.717, 1.165) is 46.7 Å². The number of nitrogens with zero attached hydrogens (tertiary/aromatic N) is 2. The highest BCUT2D eigenvalue weighted by atomic mass is 16.5. The lowest BCUT2D eigenvalue weighted by Gasteiger charge is -2.16. The SMILES string of the molecule is CC1(C)CC(NC(=O)c2cccc(CNc3ncc(-c4cn[nH]c4)c4c3CCO4)c2)CO1. The molecule has 2 aliphatic heterocycles. The van der Waals surface area contributed by atoms with E-state index < -0.39 is 0 Å². The molecule has 1 aromatic carbocycles.